The van der Waals surface area contributed by atoms with Gasteiger partial charge in [-0.3, -0.25) is 4.79 Å². The van der Waals surface area contributed by atoms with Gasteiger partial charge < -0.3 is 10.6 Å². The number of amides is 1. The normalized spacial score (nSPS) is 19.9. The lowest BCUT2D eigenvalue weighted by molar-refractivity contribution is 0.0609. The van der Waals surface area contributed by atoms with Gasteiger partial charge in [0.05, 0.1) is 17.4 Å². The van der Waals surface area contributed by atoms with Crippen molar-refractivity contribution in [1.82, 2.24) is 9.88 Å². The molecule has 1 unspecified atom stereocenters. The Kier molecular flexibility index (Phi) is 4.07. The lowest BCUT2D eigenvalue weighted by Gasteiger charge is -2.35. The van der Waals surface area contributed by atoms with Crippen LogP contribution in [0, 0.1) is 0 Å². The molecule has 0 bridgehead atoms. The van der Waals surface area contributed by atoms with Gasteiger partial charge in [0.1, 0.15) is 5.15 Å². The highest BCUT2D eigenvalue weighted by Gasteiger charge is 2.27. The molecule has 98 valence electrons. The summed E-state index contributed by atoms with van der Waals surface area (Å²) in [5, 5.41) is 0.303. The third-order valence-corrected chi connectivity index (χ3v) is 3.70. The largest absolute Gasteiger partial charge is 0.397 e. The van der Waals surface area contributed by atoms with Gasteiger partial charge in [0.15, 0.2) is 0 Å². The first-order valence-electron chi connectivity index (χ1n) is 6.35. The molecule has 0 aliphatic carbocycles. The third kappa shape index (κ3) is 2.58. The predicted octanol–water partition coefficient (Wildman–Crippen LogP) is 2.72. The minimum absolute atomic E-state index is 0.0247. The summed E-state index contributed by atoms with van der Waals surface area (Å²) < 4.78 is 0. The van der Waals surface area contributed by atoms with Crippen LogP contribution in [0.4, 0.5) is 5.69 Å². The van der Waals surface area contributed by atoms with E-state index in [9.17, 15) is 4.79 Å². The zero-order valence-electron chi connectivity index (χ0n) is 10.5. The van der Waals surface area contributed by atoms with Gasteiger partial charge in [-0.15, -0.1) is 0 Å². The van der Waals surface area contributed by atoms with Crippen molar-refractivity contribution >= 4 is 23.2 Å². The molecule has 1 amide bonds. The van der Waals surface area contributed by atoms with Crippen LogP contribution in [0.3, 0.4) is 0 Å². The van der Waals surface area contributed by atoms with Crippen molar-refractivity contribution in [1.29, 1.82) is 0 Å². The first-order valence-corrected chi connectivity index (χ1v) is 6.73. The number of nitrogen functional groups attached to an aromatic ring is 1. The first-order chi connectivity index (χ1) is 8.63. The summed E-state index contributed by atoms with van der Waals surface area (Å²) in [6.07, 6.45) is 5.74. The summed E-state index contributed by atoms with van der Waals surface area (Å²) in [5.41, 5.74) is 6.68. The van der Waals surface area contributed by atoms with E-state index in [1.54, 1.807) is 6.07 Å². The Hall–Kier alpha value is -1.29. The second kappa shape index (κ2) is 5.57. The molecular formula is C13H18ClN3O. The number of piperidine rings is 1. The fourth-order valence-electron chi connectivity index (χ4n) is 2.47. The molecule has 0 spiro atoms. The zero-order chi connectivity index (χ0) is 13.1. The topological polar surface area (TPSA) is 59.2 Å². The molecule has 2 N–H and O–H groups in total. The highest BCUT2D eigenvalue weighted by atomic mass is 35.5. The van der Waals surface area contributed by atoms with Crippen molar-refractivity contribution < 1.29 is 4.79 Å². The maximum absolute atomic E-state index is 12.5. The number of pyridine rings is 1. The zero-order valence-corrected chi connectivity index (χ0v) is 11.3. The van der Waals surface area contributed by atoms with E-state index in [0.29, 0.717) is 22.4 Å². The minimum atomic E-state index is -0.0247. The van der Waals surface area contributed by atoms with Crippen molar-refractivity contribution in [2.75, 3.05) is 12.3 Å². The smallest absolute Gasteiger partial charge is 0.256 e. The molecule has 1 aliphatic heterocycles. The minimum Gasteiger partial charge on any atom is -0.397 e. The van der Waals surface area contributed by atoms with Crippen molar-refractivity contribution in [3.63, 3.8) is 0 Å². The van der Waals surface area contributed by atoms with Crippen LogP contribution < -0.4 is 5.73 Å². The number of halogens is 1. The molecular weight excluding hydrogens is 250 g/mol. The Bertz CT molecular complexity index is 450. The Morgan fingerprint density at radius 1 is 1.61 bits per heavy atom. The molecule has 1 aromatic rings. The van der Waals surface area contributed by atoms with Gasteiger partial charge in [-0.1, -0.05) is 18.5 Å². The number of hydrogen-bond donors (Lipinski definition) is 1. The van der Waals surface area contributed by atoms with Crippen LogP contribution in [0.5, 0.6) is 0 Å². The SMILES string of the molecule is CCC1CCCCN1C(=O)c1cc(Cl)ncc1N. The fourth-order valence-corrected chi connectivity index (χ4v) is 2.63. The van der Waals surface area contributed by atoms with Gasteiger partial charge >= 0.3 is 0 Å². The third-order valence-electron chi connectivity index (χ3n) is 3.49. The van der Waals surface area contributed by atoms with E-state index >= 15 is 0 Å². The van der Waals surface area contributed by atoms with Crippen LogP contribution >= 0.6 is 11.6 Å². The van der Waals surface area contributed by atoms with Gasteiger partial charge in [-0.2, -0.15) is 0 Å². The van der Waals surface area contributed by atoms with Crippen LogP contribution in [-0.2, 0) is 0 Å². The summed E-state index contributed by atoms with van der Waals surface area (Å²) in [6.45, 7) is 2.91. The molecule has 1 saturated heterocycles. The van der Waals surface area contributed by atoms with Gasteiger partial charge in [-0.05, 0) is 31.7 Å². The summed E-state index contributed by atoms with van der Waals surface area (Å²) >= 11 is 5.83. The van der Waals surface area contributed by atoms with Crippen LogP contribution in [0.15, 0.2) is 12.3 Å². The van der Waals surface area contributed by atoms with Gasteiger partial charge in [0, 0.05) is 12.6 Å². The molecule has 1 fully saturated rings. The highest BCUT2D eigenvalue weighted by molar-refractivity contribution is 6.29. The number of carbonyl (C=O) groups is 1. The van der Waals surface area contributed by atoms with Crippen molar-refractivity contribution in [3.05, 3.63) is 23.0 Å². The number of nitrogens with two attached hydrogens (primary N) is 1. The molecule has 1 aliphatic rings. The Balaban J connectivity index is 2.26. The maximum atomic E-state index is 12.5. The molecule has 2 rings (SSSR count). The van der Waals surface area contributed by atoms with Crippen LogP contribution in [0.2, 0.25) is 5.15 Å². The molecule has 1 atom stereocenters. The summed E-state index contributed by atoms with van der Waals surface area (Å²) in [5.74, 6) is -0.0247. The van der Waals surface area contributed by atoms with E-state index < -0.39 is 0 Å². The van der Waals surface area contributed by atoms with Crippen LogP contribution in [0.25, 0.3) is 0 Å². The molecule has 18 heavy (non-hydrogen) atoms. The number of aromatic nitrogens is 1. The molecule has 4 nitrogen and oxygen atoms in total. The molecule has 1 aromatic heterocycles. The summed E-state index contributed by atoms with van der Waals surface area (Å²) in [6, 6.07) is 1.87. The van der Waals surface area contributed by atoms with Crippen molar-refractivity contribution in [3.8, 4) is 0 Å². The second-order valence-corrected chi connectivity index (χ2v) is 5.04. The van der Waals surface area contributed by atoms with E-state index in [1.165, 1.54) is 12.6 Å². The lowest BCUT2D eigenvalue weighted by atomic mass is 9.99. The number of likely N-dealkylation sites (tertiary alicyclic amines) is 1. The highest BCUT2D eigenvalue weighted by Crippen LogP contribution is 2.24. The predicted molar refractivity (Wildman–Crippen MR) is 72.6 cm³/mol. The Labute approximate surface area is 112 Å². The van der Waals surface area contributed by atoms with E-state index in [2.05, 4.69) is 11.9 Å². The molecule has 5 heteroatoms. The number of hydrogen-bond acceptors (Lipinski definition) is 3. The Morgan fingerprint density at radius 2 is 2.39 bits per heavy atom. The fraction of sp³-hybridized carbons (Fsp3) is 0.538. The van der Waals surface area contributed by atoms with E-state index in [1.807, 2.05) is 4.90 Å². The molecule has 2 heterocycles. The summed E-state index contributed by atoms with van der Waals surface area (Å²) in [7, 11) is 0. The lowest BCUT2D eigenvalue weighted by Crippen LogP contribution is -2.43. The van der Waals surface area contributed by atoms with E-state index in [0.717, 1.165) is 25.8 Å². The second-order valence-electron chi connectivity index (χ2n) is 4.65. The number of rotatable bonds is 2. The molecule has 0 aromatic carbocycles. The number of nitrogens with zero attached hydrogens (tertiary/aromatic N) is 2. The number of carbonyl (C=O) groups excluding carboxylic acids is 1. The average Bonchev–Trinajstić information content (AvgIpc) is 2.40. The first kappa shape index (κ1) is 13.1. The molecule has 0 saturated carbocycles. The average molecular weight is 268 g/mol. The molecule has 0 radical (unpaired) electrons. The van der Waals surface area contributed by atoms with Gasteiger partial charge in [0.25, 0.3) is 5.91 Å². The van der Waals surface area contributed by atoms with Crippen molar-refractivity contribution in [2.24, 2.45) is 0 Å². The standard InChI is InChI=1S/C13H18ClN3O/c1-2-9-5-3-4-6-17(9)13(18)10-7-12(14)16-8-11(10)15/h7-9H,2-6,15H2,1H3. The monoisotopic (exact) mass is 267 g/mol. The van der Waals surface area contributed by atoms with Crippen LogP contribution in [0.1, 0.15) is 43.0 Å². The van der Waals surface area contributed by atoms with Gasteiger partial charge in [0.2, 0.25) is 0 Å². The maximum Gasteiger partial charge on any atom is 0.256 e. The van der Waals surface area contributed by atoms with E-state index in [-0.39, 0.29) is 5.91 Å². The van der Waals surface area contributed by atoms with E-state index in [4.69, 9.17) is 17.3 Å². The Morgan fingerprint density at radius 3 is 3.11 bits per heavy atom. The summed E-state index contributed by atoms with van der Waals surface area (Å²) in [4.78, 5) is 18.3. The van der Waals surface area contributed by atoms with Gasteiger partial charge in [-0.25, -0.2) is 4.98 Å². The quantitative estimate of drug-likeness (QED) is 0.838. The van der Waals surface area contributed by atoms with Crippen LogP contribution in [-0.4, -0.2) is 28.4 Å². The van der Waals surface area contributed by atoms with Crippen molar-refractivity contribution in [2.45, 2.75) is 38.6 Å². The number of anilines is 1.